The number of nitrogens with two attached hydrogens (primary N) is 1. The van der Waals surface area contributed by atoms with E-state index >= 15 is 0 Å². The van der Waals surface area contributed by atoms with E-state index in [-0.39, 0.29) is 0 Å². The van der Waals surface area contributed by atoms with E-state index < -0.39 is 0 Å². The molecule has 1 aliphatic rings. The lowest BCUT2D eigenvalue weighted by molar-refractivity contribution is 0.405. The highest BCUT2D eigenvalue weighted by Crippen LogP contribution is 2.23. The largest absolute Gasteiger partial charge is 0.382 e. The van der Waals surface area contributed by atoms with Gasteiger partial charge in [-0.2, -0.15) is 5.10 Å². The Bertz CT molecular complexity index is 619. The van der Waals surface area contributed by atoms with Gasteiger partial charge < -0.3 is 10.6 Å². The van der Waals surface area contributed by atoms with Crippen molar-refractivity contribution in [3.05, 3.63) is 35.3 Å². The molecule has 1 fully saturated rings. The number of nitrogen functional groups attached to an aromatic ring is 1. The Labute approximate surface area is 130 Å². The molecule has 0 radical (unpaired) electrons. The minimum Gasteiger partial charge on any atom is -0.382 e. The fraction of sp³-hybridized carbons (Fsp3) is 0.500. The van der Waals surface area contributed by atoms with Gasteiger partial charge in [-0.05, 0) is 57.2 Å². The Hall–Kier alpha value is -2.24. The van der Waals surface area contributed by atoms with Crippen molar-refractivity contribution in [2.45, 2.75) is 33.1 Å². The topological polar surface area (TPSA) is 80.8 Å². The van der Waals surface area contributed by atoms with E-state index in [0.717, 1.165) is 49.0 Å². The molecule has 2 aromatic heterocycles. The predicted octanol–water partition coefficient (Wildman–Crippen LogP) is 1.92. The summed E-state index contributed by atoms with van der Waals surface area (Å²) in [6.45, 7) is 6.02. The number of piperidine rings is 1. The SMILES string of the molecule is Cc1cc(C)nc(N2CCC[C@H](Cc3ccc(N)nn3)C2)n1. The van der Waals surface area contributed by atoms with E-state index in [0.29, 0.717) is 11.7 Å². The van der Waals surface area contributed by atoms with Crippen LogP contribution in [0, 0.1) is 19.8 Å². The van der Waals surface area contributed by atoms with Gasteiger partial charge in [0, 0.05) is 24.5 Å². The Kier molecular flexibility index (Phi) is 4.18. The zero-order valence-electron chi connectivity index (χ0n) is 13.2. The molecule has 0 unspecified atom stereocenters. The Morgan fingerprint density at radius 2 is 1.95 bits per heavy atom. The summed E-state index contributed by atoms with van der Waals surface area (Å²) < 4.78 is 0. The van der Waals surface area contributed by atoms with Gasteiger partial charge in [0.25, 0.3) is 0 Å². The van der Waals surface area contributed by atoms with Crippen LogP contribution in [0.2, 0.25) is 0 Å². The molecule has 0 amide bonds. The van der Waals surface area contributed by atoms with Crippen LogP contribution in [0.4, 0.5) is 11.8 Å². The molecule has 6 heteroatoms. The Morgan fingerprint density at radius 1 is 1.18 bits per heavy atom. The van der Waals surface area contributed by atoms with E-state index in [1.54, 1.807) is 0 Å². The second kappa shape index (κ2) is 6.25. The van der Waals surface area contributed by atoms with Crippen molar-refractivity contribution in [1.82, 2.24) is 20.2 Å². The maximum Gasteiger partial charge on any atom is 0.225 e. The molecule has 1 saturated heterocycles. The summed E-state index contributed by atoms with van der Waals surface area (Å²) in [4.78, 5) is 11.5. The predicted molar refractivity (Wildman–Crippen MR) is 86.6 cm³/mol. The van der Waals surface area contributed by atoms with E-state index in [1.807, 2.05) is 32.0 Å². The number of hydrogen-bond donors (Lipinski definition) is 1. The normalized spacial score (nSPS) is 18.5. The van der Waals surface area contributed by atoms with Gasteiger partial charge in [0.1, 0.15) is 5.82 Å². The molecule has 6 nitrogen and oxygen atoms in total. The summed E-state index contributed by atoms with van der Waals surface area (Å²) in [5, 5.41) is 8.11. The molecule has 0 aromatic carbocycles. The van der Waals surface area contributed by atoms with Crippen molar-refractivity contribution in [3.8, 4) is 0 Å². The van der Waals surface area contributed by atoms with Gasteiger partial charge in [0.15, 0.2) is 0 Å². The molecule has 2 aromatic rings. The number of nitrogens with zero attached hydrogens (tertiary/aromatic N) is 5. The lowest BCUT2D eigenvalue weighted by Gasteiger charge is -2.32. The van der Waals surface area contributed by atoms with Crippen molar-refractivity contribution in [1.29, 1.82) is 0 Å². The zero-order valence-corrected chi connectivity index (χ0v) is 13.2. The summed E-state index contributed by atoms with van der Waals surface area (Å²) in [6.07, 6.45) is 3.28. The maximum absolute atomic E-state index is 5.59. The van der Waals surface area contributed by atoms with Gasteiger partial charge in [-0.15, -0.1) is 5.10 Å². The van der Waals surface area contributed by atoms with Crippen LogP contribution in [-0.4, -0.2) is 33.3 Å². The molecule has 3 heterocycles. The van der Waals surface area contributed by atoms with Gasteiger partial charge in [-0.3, -0.25) is 0 Å². The first-order valence-corrected chi connectivity index (χ1v) is 7.75. The van der Waals surface area contributed by atoms with Crippen LogP contribution >= 0.6 is 0 Å². The number of rotatable bonds is 3. The van der Waals surface area contributed by atoms with Crippen LogP contribution in [0.5, 0.6) is 0 Å². The highest BCUT2D eigenvalue weighted by Gasteiger charge is 2.22. The molecular weight excluding hydrogens is 276 g/mol. The van der Waals surface area contributed by atoms with Gasteiger partial charge in [0.05, 0.1) is 5.69 Å². The number of aromatic nitrogens is 4. The molecule has 0 bridgehead atoms. The standard InChI is InChI=1S/C16H22N6/c1-11-8-12(2)19-16(18-11)22-7-3-4-13(10-22)9-14-5-6-15(17)21-20-14/h5-6,8,13H,3-4,7,9-10H2,1-2H3,(H2,17,21)/t13-/m1/s1. The fourth-order valence-electron chi connectivity index (χ4n) is 3.04. The summed E-state index contributed by atoms with van der Waals surface area (Å²) >= 11 is 0. The number of anilines is 2. The molecule has 0 spiro atoms. The van der Waals surface area contributed by atoms with Gasteiger partial charge in [0.2, 0.25) is 5.95 Å². The van der Waals surface area contributed by atoms with Gasteiger partial charge >= 0.3 is 0 Å². The van der Waals surface area contributed by atoms with Crippen LogP contribution < -0.4 is 10.6 Å². The van der Waals surface area contributed by atoms with E-state index in [1.165, 1.54) is 6.42 Å². The van der Waals surface area contributed by atoms with Crippen molar-refractivity contribution in [3.63, 3.8) is 0 Å². The van der Waals surface area contributed by atoms with Gasteiger partial charge in [-0.1, -0.05) is 0 Å². The first-order chi connectivity index (χ1) is 10.6. The molecular formula is C16H22N6. The van der Waals surface area contributed by atoms with Crippen molar-refractivity contribution < 1.29 is 0 Å². The minimum atomic E-state index is 0.470. The first-order valence-electron chi connectivity index (χ1n) is 7.75. The minimum absolute atomic E-state index is 0.470. The highest BCUT2D eigenvalue weighted by molar-refractivity contribution is 5.33. The lowest BCUT2D eigenvalue weighted by Crippen LogP contribution is -2.37. The molecule has 1 aliphatic heterocycles. The average Bonchev–Trinajstić information content (AvgIpc) is 2.49. The average molecular weight is 298 g/mol. The monoisotopic (exact) mass is 298 g/mol. The van der Waals surface area contributed by atoms with E-state index in [9.17, 15) is 0 Å². The van der Waals surface area contributed by atoms with E-state index in [4.69, 9.17) is 5.73 Å². The molecule has 2 N–H and O–H groups in total. The van der Waals surface area contributed by atoms with E-state index in [2.05, 4.69) is 25.1 Å². The Balaban J connectivity index is 1.69. The molecule has 3 rings (SSSR count). The second-order valence-corrected chi connectivity index (χ2v) is 6.06. The summed E-state index contributed by atoms with van der Waals surface area (Å²) in [5.41, 5.74) is 8.63. The lowest BCUT2D eigenvalue weighted by atomic mass is 9.93. The Morgan fingerprint density at radius 3 is 2.64 bits per heavy atom. The molecule has 116 valence electrons. The summed E-state index contributed by atoms with van der Waals surface area (Å²) in [5.74, 6) is 1.87. The van der Waals surface area contributed by atoms with Crippen LogP contribution in [0.3, 0.4) is 0 Å². The van der Waals surface area contributed by atoms with Gasteiger partial charge in [-0.25, -0.2) is 9.97 Å². The summed E-state index contributed by atoms with van der Waals surface area (Å²) in [6, 6.07) is 5.79. The first kappa shape index (κ1) is 14.7. The zero-order chi connectivity index (χ0) is 15.5. The third kappa shape index (κ3) is 3.50. The molecule has 0 saturated carbocycles. The number of hydrogen-bond acceptors (Lipinski definition) is 6. The third-order valence-corrected chi connectivity index (χ3v) is 4.01. The molecule has 22 heavy (non-hydrogen) atoms. The molecule has 1 atom stereocenters. The van der Waals surface area contributed by atoms with Crippen LogP contribution in [0.25, 0.3) is 0 Å². The molecule has 0 aliphatic carbocycles. The smallest absolute Gasteiger partial charge is 0.225 e. The third-order valence-electron chi connectivity index (χ3n) is 4.01. The van der Waals surface area contributed by atoms with Crippen LogP contribution in [-0.2, 0) is 6.42 Å². The van der Waals surface area contributed by atoms with Crippen molar-refractivity contribution in [2.75, 3.05) is 23.7 Å². The number of aryl methyl sites for hydroxylation is 2. The van der Waals surface area contributed by atoms with Crippen LogP contribution in [0.1, 0.15) is 29.9 Å². The van der Waals surface area contributed by atoms with Crippen molar-refractivity contribution >= 4 is 11.8 Å². The second-order valence-electron chi connectivity index (χ2n) is 6.06. The maximum atomic E-state index is 5.59. The van der Waals surface area contributed by atoms with Crippen LogP contribution in [0.15, 0.2) is 18.2 Å². The highest BCUT2D eigenvalue weighted by atomic mass is 15.3. The quantitative estimate of drug-likeness (QED) is 0.932. The van der Waals surface area contributed by atoms with Crippen molar-refractivity contribution in [2.24, 2.45) is 5.92 Å². The fourth-order valence-corrected chi connectivity index (χ4v) is 3.04. The summed E-state index contributed by atoms with van der Waals surface area (Å²) in [7, 11) is 0.